The van der Waals surface area contributed by atoms with Gasteiger partial charge in [0.2, 0.25) is 0 Å². The molecule has 0 atom stereocenters. The molecule has 0 aliphatic heterocycles. The number of hydrogen-bond acceptors (Lipinski definition) is 2. The van der Waals surface area contributed by atoms with E-state index in [0.717, 1.165) is 34.2 Å². The quantitative estimate of drug-likeness (QED) is 0.130. The molecule has 8 rings (SSSR count). The molecule has 2 heterocycles. The van der Waals surface area contributed by atoms with Crippen molar-refractivity contribution in [1.29, 1.82) is 0 Å². The first-order chi connectivity index (χ1) is 26.5. The van der Waals surface area contributed by atoms with E-state index in [1.165, 1.54) is 101 Å². The third kappa shape index (κ3) is 9.62. The van der Waals surface area contributed by atoms with Crippen molar-refractivity contribution in [3.63, 3.8) is 0 Å². The molecule has 0 spiro atoms. The molecule has 58 heavy (non-hydrogen) atoms. The molecular formula is C54H60O2SiZr-4. The fourth-order valence-corrected chi connectivity index (χ4v) is 7.69. The Bertz CT molecular complexity index is 2440. The number of rotatable bonds is 4. The first-order valence-electron chi connectivity index (χ1n) is 19.5. The molecule has 0 bridgehead atoms. The van der Waals surface area contributed by atoms with Crippen LogP contribution in [0.3, 0.4) is 0 Å². The third-order valence-electron chi connectivity index (χ3n) is 11.2. The summed E-state index contributed by atoms with van der Waals surface area (Å²) in [4.78, 5) is 0. The Morgan fingerprint density at radius 3 is 1.07 bits per heavy atom. The molecule has 6 aromatic carbocycles. The second-order valence-corrected chi connectivity index (χ2v) is 17.4. The van der Waals surface area contributed by atoms with Gasteiger partial charge in [0.25, 0.3) is 0 Å². The van der Waals surface area contributed by atoms with Crippen LogP contribution in [-0.2, 0) is 34.2 Å². The van der Waals surface area contributed by atoms with Crippen LogP contribution in [0.2, 0.25) is 0 Å². The molecule has 0 saturated heterocycles. The SMILES string of the molecule is Cc1ccc(-c2cc3c(-c4ccc(C(C)(C)C)cc4)c(C)c(C)cc3[cH-]2)o1.Cc1ccc(-c2cc3c(-c4ccc(C(C)(C)C)cc4)c(C)c(C)cc3[cH-]2)o1.[CH3-].[CH3-].[Si]=[Zr]. The second-order valence-electron chi connectivity index (χ2n) is 17.4. The molecule has 0 aliphatic carbocycles. The summed E-state index contributed by atoms with van der Waals surface area (Å²) in [6.45, 7) is 29.4. The summed E-state index contributed by atoms with van der Waals surface area (Å²) in [6, 6.07) is 39.9. The van der Waals surface area contributed by atoms with Crippen molar-refractivity contribution in [1.82, 2.24) is 0 Å². The minimum absolute atomic E-state index is 0. The van der Waals surface area contributed by atoms with Crippen LogP contribution in [0.4, 0.5) is 0 Å². The van der Waals surface area contributed by atoms with Crippen molar-refractivity contribution in [2.45, 2.75) is 93.9 Å². The van der Waals surface area contributed by atoms with Crippen LogP contribution in [0.25, 0.3) is 66.4 Å². The van der Waals surface area contributed by atoms with Crippen molar-refractivity contribution in [2.24, 2.45) is 0 Å². The molecular weight excluding hydrogens is 800 g/mol. The van der Waals surface area contributed by atoms with Crippen molar-refractivity contribution < 1.29 is 32.2 Å². The van der Waals surface area contributed by atoms with E-state index in [0.29, 0.717) is 0 Å². The number of furan rings is 2. The van der Waals surface area contributed by atoms with Gasteiger partial charge in [-0.15, -0.1) is 57.9 Å². The van der Waals surface area contributed by atoms with Gasteiger partial charge in [-0.05, 0) is 110 Å². The first-order valence-corrected chi connectivity index (χ1v) is 23.7. The van der Waals surface area contributed by atoms with Crippen LogP contribution in [0, 0.1) is 56.4 Å². The van der Waals surface area contributed by atoms with E-state index in [-0.39, 0.29) is 25.7 Å². The van der Waals surface area contributed by atoms with Gasteiger partial charge in [0, 0.05) is 0 Å². The van der Waals surface area contributed by atoms with Crippen molar-refractivity contribution in [2.75, 3.05) is 0 Å². The van der Waals surface area contributed by atoms with E-state index in [4.69, 9.17) is 8.83 Å². The third-order valence-corrected chi connectivity index (χ3v) is 11.2. The summed E-state index contributed by atoms with van der Waals surface area (Å²) < 4.78 is 11.7. The summed E-state index contributed by atoms with van der Waals surface area (Å²) in [5, 5.41) is 5.14. The molecule has 2 aromatic heterocycles. The van der Waals surface area contributed by atoms with Crippen LogP contribution in [0.5, 0.6) is 0 Å². The van der Waals surface area contributed by atoms with E-state index in [1.54, 1.807) is 0 Å². The van der Waals surface area contributed by atoms with Crippen molar-refractivity contribution in [3.05, 3.63) is 169 Å². The van der Waals surface area contributed by atoms with Gasteiger partial charge in [-0.1, -0.05) is 123 Å². The van der Waals surface area contributed by atoms with Crippen LogP contribution in [-0.4, -0.2) is 6.88 Å². The van der Waals surface area contributed by atoms with Gasteiger partial charge in [0.1, 0.15) is 0 Å². The van der Waals surface area contributed by atoms with Crippen molar-refractivity contribution >= 4 is 28.4 Å². The van der Waals surface area contributed by atoms with Crippen LogP contribution >= 0.6 is 0 Å². The molecule has 2 radical (unpaired) electrons. The maximum atomic E-state index is 5.86. The van der Waals surface area contributed by atoms with Gasteiger partial charge in [0.05, 0.1) is 23.0 Å². The van der Waals surface area contributed by atoms with Crippen LogP contribution in [0.15, 0.2) is 118 Å². The molecule has 0 unspecified atom stereocenters. The molecule has 0 saturated carbocycles. The van der Waals surface area contributed by atoms with Crippen LogP contribution in [0.1, 0.15) is 86.4 Å². The minimum atomic E-state index is 0. The van der Waals surface area contributed by atoms with Gasteiger partial charge in [-0.2, -0.15) is 0 Å². The van der Waals surface area contributed by atoms with Crippen molar-refractivity contribution in [3.8, 4) is 44.9 Å². The Morgan fingerprint density at radius 1 is 0.466 bits per heavy atom. The first kappa shape index (κ1) is 46.4. The van der Waals surface area contributed by atoms with Gasteiger partial charge in [0.15, 0.2) is 0 Å². The molecule has 4 heteroatoms. The van der Waals surface area contributed by atoms with Gasteiger partial charge in [-0.25, -0.2) is 0 Å². The summed E-state index contributed by atoms with van der Waals surface area (Å²) in [6.07, 6.45) is 0. The maximum absolute atomic E-state index is 5.86. The number of benzene rings is 4. The average molecular weight is 860 g/mol. The normalized spacial score (nSPS) is 11.3. The zero-order chi connectivity index (χ0) is 40.7. The Morgan fingerprint density at radius 2 is 0.793 bits per heavy atom. The van der Waals surface area contributed by atoms with E-state index in [1.807, 2.05) is 26.0 Å². The molecule has 0 fully saturated rings. The van der Waals surface area contributed by atoms with E-state index in [9.17, 15) is 0 Å². The fraction of sp³-hybridized carbons (Fsp3) is 0.259. The van der Waals surface area contributed by atoms with E-state index < -0.39 is 0 Å². The van der Waals surface area contributed by atoms with Crippen LogP contribution < -0.4 is 0 Å². The van der Waals surface area contributed by atoms with E-state index in [2.05, 4.69) is 173 Å². The predicted molar refractivity (Wildman–Crippen MR) is 250 cm³/mol. The second kappa shape index (κ2) is 18.4. The summed E-state index contributed by atoms with van der Waals surface area (Å²) >= 11 is 1.36. The van der Waals surface area contributed by atoms with E-state index >= 15 is 0 Å². The monoisotopic (exact) mass is 858 g/mol. The topological polar surface area (TPSA) is 26.3 Å². The van der Waals surface area contributed by atoms with Gasteiger partial charge in [-0.3, -0.25) is 0 Å². The van der Waals surface area contributed by atoms with Gasteiger partial charge < -0.3 is 23.7 Å². The summed E-state index contributed by atoms with van der Waals surface area (Å²) in [7, 11) is 0. The Labute approximate surface area is 366 Å². The number of hydrogen-bond donors (Lipinski definition) is 0. The zero-order valence-corrected chi connectivity index (χ0v) is 40.7. The Balaban J connectivity index is 0.000000238. The summed E-state index contributed by atoms with van der Waals surface area (Å²) in [5.41, 5.74) is 15.9. The standard InChI is InChI=1S/2C26H27O.2CH3.Si.Zr/c2*1-16-13-20-14-21(24-12-7-17(2)27-24)15-23(20)25(18(16)3)19-8-10-22(11-9-19)26(4,5)6;;;;/h2*7-15H,1-6H3;2*1H3;;/q4*-1;;. The zero-order valence-electron chi connectivity index (χ0n) is 37.2. The molecule has 0 N–H and O–H groups in total. The fourth-order valence-electron chi connectivity index (χ4n) is 7.69. The predicted octanol–water partition coefficient (Wildman–Crippen LogP) is 15.9. The molecule has 8 aromatic rings. The Kier molecular flexibility index (Phi) is 14.7. The average Bonchev–Trinajstić information content (AvgIpc) is 3.97. The summed E-state index contributed by atoms with van der Waals surface area (Å²) in [5.74, 6) is 3.77. The number of fused-ring (bicyclic) bond motifs is 2. The van der Waals surface area contributed by atoms with Gasteiger partial charge >= 0.3 is 30.2 Å². The molecule has 300 valence electrons. The molecule has 0 aliphatic rings. The molecule has 2 nitrogen and oxygen atoms in total. The Hall–Kier alpha value is -4.24. The molecule has 0 amide bonds. The number of aryl methyl sites for hydroxylation is 4.